The average molecular weight is 334 g/mol. The van der Waals surface area contributed by atoms with Crippen molar-refractivity contribution in [2.75, 3.05) is 7.11 Å². The fraction of sp³-hybridized carbons (Fsp3) is 0.111. The standard InChI is InChI=1S/C18H14N4O3/c1-22-16-14(9-21-22)17(20-10-19-16)25-15-8-12-6-4-3-5-11(12)7-13(15)18(23)24-2/h3-10H,1-2H3. The number of rotatable bonds is 3. The Bertz CT molecular complexity index is 1100. The number of carbonyl (C=O) groups is 1. The molecule has 0 saturated carbocycles. The molecule has 0 amide bonds. The highest BCUT2D eigenvalue weighted by molar-refractivity contribution is 5.99. The molecule has 25 heavy (non-hydrogen) atoms. The van der Waals surface area contributed by atoms with E-state index in [1.165, 1.54) is 13.4 Å². The number of aryl methyl sites for hydroxylation is 1. The van der Waals surface area contributed by atoms with Crippen molar-refractivity contribution in [2.24, 2.45) is 7.05 Å². The van der Waals surface area contributed by atoms with Crippen LogP contribution in [0.3, 0.4) is 0 Å². The number of aromatic nitrogens is 4. The number of hydrogen-bond acceptors (Lipinski definition) is 6. The van der Waals surface area contributed by atoms with Gasteiger partial charge < -0.3 is 9.47 Å². The second-order valence-corrected chi connectivity index (χ2v) is 5.47. The van der Waals surface area contributed by atoms with E-state index < -0.39 is 5.97 Å². The van der Waals surface area contributed by atoms with Crippen molar-refractivity contribution in [3.63, 3.8) is 0 Å². The molecular weight excluding hydrogens is 320 g/mol. The lowest BCUT2D eigenvalue weighted by molar-refractivity contribution is 0.0598. The second-order valence-electron chi connectivity index (χ2n) is 5.47. The summed E-state index contributed by atoms with van der Waals surface area (Å²) in [5.41, 5.74) is 0.974. The van der Waals surface area contributed by atoms with Gasteiger partial charge in [0.15, 0.2) is 5.65 Å². The van der Waals surface area contributed by atoms with Gasteiger partial charge in [-0.1, -0.05) is 24.3 Å². The second kappa shape index (κ2) is 5.86. The molecule has 0 unspecified atom stereocenters. The van der Waals surface area contributed by atoms with Gasteiger partial charge in [-0.3, -0.25) is 4.68 Å². The van der Waals surface area contributed by atoms with Gasteiger partial charge in [-0.25, -0.2) is 14.8 Å². The lowest BCUT2D eigenvalue weighted by Crippen LogP contribution is -2.04. The largest absolute Gasteiger partial charge is 0.465 e. The zero-order valence-corrected chi connectivity index (χ0v) is 13.6. The Hall–Kier alpha value is -3.48. The Morgan fingerprint density at radius 2 is 1.88 bits per heavy atom. The van der Waals surface area contributed by atoms with Gasteiger partial charge in [0.1, 0.15) is 23.0 Å². The molecular formula is C18H14N4O3. The van der Waals surface area contributed by atoms with Gasteiger partial charge in [0, 0.05) is 7.05 Å². The molecule has 2 aromatic heterocycles. The van der Waals surface area contributed by atoms with E-state index in [0.29, 0.717) is 28.2 Å². The van der Waals surface area contributed by atoms with Crippen LogP contribution in [-0.4, -0.2) is 32.8 Å². The summed E-state index contributed by atoms with van der Waals surface area (Å²) >= 11 is 0. The van der Waals surface area contributed by atoms with Crippen molar-refractivity contribution < 1.29 is 14.3 Å². The first-order valence-corrected chi connectivity index (χ1v) is 7.59. The molecule has 0 atom stereocenters. The predicted octanol–water partition coefficient (Wildman–Crippen LogP) is 3.10. The van der Waals surface area contributed by atoms with E-state index in [4.69, 9.17) is 9.47 Å². The van der Waals surface area contributed by atoms with E-state index in [1.54, 1.807) is 30.1 Å². The summed E-state index contributed by atoms with van der Waals surface area (Å²) in [6, 6.07) is 11.3. The minimum Gasteiger partial charge on any atom is -0.465 e. The molecule has 4 aromatic rings. The molecule has 0 spiro atoms. The Kier molecular flexibility index (Phi) is 3.53. The van der Waals surface area contributed by atoms with Crippen LogP contribution in [0.25, 0.3) is 21.8 Å². The minimum atomic E-state index is -0.475. The van der Waals surface area contributed by atoms with Gasteiger partial charge in [-0.2, -0.15) is 5.10 Å². The van der Waals surface area contributed by atoms with E-state index >= 15 is 0 Å². The summed E-state index contributed by atoms with van der Waals surface area (Å²) in [7, 11) is 3.13. The number of carbonyl (C=O) groups excluding carboxylic acids is 1. The third-order valence-corrected chi connectivity index (χ3v) is 3.95. The number of fused-ring (bicyclic) bond motifs is 2. The van der Waals surface area contributed by atoms with Gasteiger partial charge >= 0.3 is 5.97 Å². The SMILES string of the molecule is COC(=O)c1cc2ccccc2cc1Oc1ncnc2c1cnn2C. The molecule has 0 saturated heterocycles. The van der Waals surface area contributed by atoms with E-state index in [2.05, 4.69) is 15.1 Å². The third-order valence-electron chi connectivity index (χ3n) is 3.95. The van der Waals surface area contributed by atoms with Gasteiger partial charge in [0.2, 0.25) is 5.88 Å². The zero-order valence-electron chi connectivity index (χ0n) is 13.6. The average Bonchev–Trinajstić information content (AvgIpc) is 3.03. The molecule has 0 aliphatic rings. The maximum atomic E-state index is 12.2. The number of methoxy groups -OCH3 is 1. The highest BCUT2D eigenvalue weighted by Gasteiger charge is 2.18. The topological polar surface area (TPSA) is 79.1 Å². The minimum absolute atomic E-state index is 0.330. The summed E-state index contributed by atoms with van der Waals surface area (Å²) in [6.07, 6.45) is 3.03. The maximum absolute atomic E-state index is 12.2. The van der Waals surface area contributed by atoms with Crippen LogP contribution in [-0.2, 0) is 11.8 Å². The fourth-order valence-corrected chi connectivity index (χ4v) is 2.70. The highest BCUT2D eigenvalue weighted by Crippen LogP contribution is 2.32. The molecule has 0 bridgehead atoms. The van der Waals surface area contributed by atoms with E-state index in [9.17, 15) is 4.79 Å². The monoisotopic (exact) mass is 334 g/mol. The first kappa shape index (κ1) is 15.1. The third kappa shape index (κ3) is 2.55. The molecule has 4 rings (SSSR count). The molecule has 7 heteroatoms. The van der Waals surface area contributed by atoms with Crippen LogP contribution in [0.1, 0.15) is 10.4 Å². The van der Waals surface area contributed by atoms with Crippen molar-refractivity contribution in [3.8, 4) is 11.6 Å². The summed E-state index contributed by atoms with van der Waals surface area (Å²) < 4.78 is 12.5. The van der Waals surface area contributed by atoms with Crippen molar-refractivity contribution in [1.82, 2.24) is 19.7 Å². The number of nitrogens with zero attached hydrogens (tertiary/aromatic N) is 4. The van der Waals surface area contributed by atoms with Crippen molar-refractivity contribution in [3.05, 3.63) is 54.5 Å². The first-order valence-electron chi connectivity index (χ1n) is 7.59. The van der Waals surface area contributed by atoms with Crippen molar-refractivity contribution in [1.29, 1.82) is 0 Å². The van der Waals surface area contributed by atoms with Crippen LogP contribution in [0.4, 0.5) is 0 Å². The van der Waals surface area contributed by atoms with Gasteiger partial charge in [-0.05, 0) is 22.9 Å². The van der Waals surface area contributed by atoms with Gasteiger partial charge in [-0.15, -0.1) is 0 Å². The Morgan fingerprint density at radius 1 is 1.12 bits per heavy atom. The molecule has 0 radical (unpaired) electrons. The molecule has 2 aromatic carbocycles. The lowest BCUT2D eigenvalue weighted by atomic mass is 10.1. The van der Waals surface area contributed by atoms with Crippen LogP contribution in [0, 0.1) is 0 Å². The molecule has 7 nitrogen and oxygen atoms in total. The van der Waals surface area contributed by atoms with E-state index in [1.807, 2.05) is 24.3 Å². The normalized spacial score (nSPS) is 11.0. The Morgan fingerprint density at radius 3 is 2.64 bits per heavy atom. The Labute approximate surface area is 142 Å². The molecule has 0 fully saturated rings. The van der Waals surface area contributed by atoms with Crippen LogP contribution < -0.4 is 4.74 Å². The van der Waals surface area contributed by atoms with Crippen LogP contribution in [0.2, 0.25) is 0 Å². The summed E-state index contributed by atoms with van der Waals surface area (Å²) in [5.74, 6) is 0.227. The van der Waals surface area contributed by atoms with Gasteiger partial charge in [0.05, 0.1) is 13.3 Å². The molecule has 0 N–H and O–H groups in total. The van der Waals surface area contributed by atoms with Crippen LogP contribution in [0.15, 0.2) is 48.9 Å². The van der Waals surface area contributed by atoms with Gasteiger partial charge in [0.25, 0.3) is 0 Å². The van der Waals surface area contributed by atoms with E-state index in [0.717, 1.165) is 10.8 Å². The smallest absolute Gasteiger partial charge is 0.341 e. The van der Waals surface area contributed by atoms with E-state index in [-0.39, 0.29) is 0 Å². The number of esters is 1. The summed E-state index contributed by atoms with van der Waals surface area (Å²) in [6.45, 7) is 0. The zero-order chi connectivity index (χ0) is 17.4. The summed E-state index contributed by atoms with van der Waals surface area (Å²) in [4.78, 5) is 20.6. The van der Waals surface area contributed by atoms with Crippen LogP contribution in [0.5, 0.6) is 11.6 Å². The highest BCUT2D eigenvalue weighted by atomic mass is 16.5. The van der Waals surface area contributed by atoms with Crippen molar-refractivity contribution in [2.45, 2.75) is 0 Å². The van der Waals surface area contributed by atoms with Crippen molar-refractivity contribution >= 4 is 27.8 Å². The predicted molar refractivity (Wildman–Crippen MR) is 91.7 cm³/mol. The number of ether oxygens (including phenoxy) is 2. The molecule has 0 aliphatic heterocycles. The quantitative estimate of drug-likeness (QED) is 0.536. The molecule has 2 heterocycles. The maximum Gasteiger partial charge on any atom is 0.341 e. The fourth-order valence-electron chi connectivity index (χ4n) is 2.70. The lowest BCUT2D eigenvalue weighted by Gasteiger charge is -2.11. The first-order chi connectivity index (χ1) is 12.2. The molecule has 0 aliphatic carbocycles. The number of benzene rings is 2. The number of hydrogen-bond donors (Lipinski definition) is 0. The Balaban J connectivity index is 1.88. The molecule has 124 valence electrons. The summed E-state index contributed by atoms with van der Waals surface area (Å²) in [5, 5.41) is 6.69. The van der Waals surface area contributed by atoms with Crippen LogP contribution >= 0.6 is 0 Å².